The Bertz CT molecular complexity index is 478. The van der Waals surface area contributed by atoms with Gasteiger partial charge in [0.2, 0.25) is 0 Å². The lowest BCUT2D eigenvalue weighted by molar-refractivity contribution is 0.0603. The third kappa shape index (κ3) is 5.94. The van der Waals surface area contributed by atoms with Gasteiger partial charge in [-0.15, -0.1) is 0 Å². The SMILES string of the molecule is C/C1=C/CC/C(C)=C/CC/C(C)=C/C=C(/C(C)C)C(O)C1O. The van der Waals surface area contributed by atoms with Gasteiger partial charge in [-0.25, -0.2) is 0 Å². The van der Waals surface area contributed by atoms with Crippen molar-refractivity contribution in [2.75, 3.05) is 0 Å². The molecule has 0 aromatic heterocycles. The summed E-state index contributed by atoms with van der Waals surface area (Å²) in [6.45, 7) is 10.3. The van der Waals surface area contributed by atoms with Crippen LogP contribution in [0, 0.1) is 5.92 Å². The first kappa shape index (κ1) is 18.9. The number of aliphatic hydroxyl groups excluding tert-OH is 2. The second-order valence-electron chi connectivity index (χ2n) is 6.80. The molecule has 0 fully saturated rings. The van der Waals surface area contributed by atoms with Crippen molar-refractivity contribution in [1.29, 1.82) is 0 Å². The largest absolute Gasteiger partial charge is 0.386 e. The third-order valence-corrected chi connectivity index (χ3v) is 4.37. The normalized spacial score (nSPS) is 35.3. The predicted octanol–water partition coefficient (Wildman–Crippen LogP) is 4.70. The van der Waals surface area contributed by atoms with Gasteiger partial charge in [0.25, 0.3) is 0 Å². The van der Waals surface area contributed by atoms with E-state index in [0.29, 0.717) is 0 Å². The Morgan fingerprint density at radius 3 is 2.09 bits per heavy atom. The van der Waals surface area contributed by atoms with E-state index in [1.807, 2.05) is 13.0 Å². The van der Waals surface area contributed by atoms with Gasteiger partial charge in [-0.2, -0.15) is 0 Å². The molecule has 1 rings (SSSR count). The van der Waals surface area contributed by atoms with E-state index in [4.69, 9.17) is 0 Å². The van der Waals surface area contributed by atoms with Crippen LogP contribution in [0.2, 0.25) is 0 Å². The second-order valence-corrected chi connectivity index (χ2v) is 6.80. The Kier molecular flexibility index (Phi) is 7.84. The molecule has 0 aliphatic heterocycles. The highest BCUT2D eigenvalue weighted by atomic mass is 16.3. The molecule has 1 aliphatic rings. The van der Waals surface area contributed by atoms with Crippen molar-refractivity contribution >= 4 is 0 Å². The molecule has 0 bridgehead atoms. The smallest absolute Gasteiger partial charge is 0.105 e. The summed E-state index contributed by atoms with van der Waals surface area (Å²) in [5.41, 5.74) is 4.43. The highest BCUT2D eigenvalue weighted by Crippen LogP contribution is 2.22. The molecule has 2 N–H and O–H groups in total. The van der Waals surface area contributed by atoms with E-state index in [9.17, 15) is 10.2 Å². The summed E-state index contributed by atoms with van der Waals surface area (Å²) in [4.78, 5) is 0. The van der Waals surface area contributed by atoms with Crippen LogP contribution in [-0.4, -0.2) is 22.4 Å². The fourth-order valence-electron chi connectivity index (χ4n) is 2.68. The Labute approximate surface area is 135 Å². The fraction of sp³-hybridized carbons (Fsp3) is 0.600. The van der Waals surface area contributed by atoms with Gasteiger partial charge in [-0.05, 0) is 63.5 Å². The first-order chi connectivity index (χ1) is 10.3. The van der Waals surface area contributed by atoms with Crippen LogP contribution in [0.3, 0.4) is 0 Å². The van der Waals surface area contributed by atoms with Gasteiger partial charge in [0.15, 0.2) is 0 Å². The molecular formula is C20H32O2. The summed E-state index contributed by atoms with van der Waals surface area (Å²) in [5.74, 6) is 0.205. The van der Waals surface area contributed by atoms with Gasteiger partial charge in [0, 0.05) is 0 Å². The van der Waals surface area contributed by atoms with E-state index >= 15 is 0 Å². The first-order valence-electron chi connectivity index (χ1n) is 8.38. The Morgan fingerprint density at radius 2 is 1.45 bits per heavy atom. The minimum absolute atomic E-state index is 0.205. The average molecular weight is 304 g/mol. The van der Waals surface area contributed by atoms with Gasteiger partial charge < -0.3 is 10.2 Å². The van der Waals surface area contributed by atoms with E-state index in [2.05, 4.69) is 45.9 Å². The zero-order valence-electron chi connectivity index (χ0n) is 14.8. The van der Waals surface area contributed by atoms with Gasteiger partial charge in [0.1, 0.15) is 12.2 Å². The molecule has 0 aromatic rings. The number of allylic oxidation sites excluding steroid dienone is 6. The molecule has 0 heterocycles. The van der Waals surface area contributed by atoms with Crippen molar-refractivity contribution in [1.82, 2.24) is 0 Å². The summed E-state index contributed by atoms with van der Waals surface area (Å²) < 4.78 is 0. The van der Waals surface area contributed by atoms with Crippen LogP contribution in [0.5, 0.6) is 0 Å². The molecule has 0 spiro atoms. The lowest BCUT2D eigenvalue weighted by atomic mass is 9.90. The van der Waals surface area contributed by atoms with Crippen molar-refractivity contribution in [2.45, 2.75) is 72.5 Å². The lowest BCUT2D eigenvalue weighted by Gasteiger charge is -2.24. The Morgan fingerprint density at radius 1 is 0.864 bits per heavy atom. The van der Waals surface area contributed by atoms with E-state index < -0.39 is 12.2 Å². The number of aliphatic hydroxyl groups is 2. The maximum atomic E-state index is 10.5. The highest BCUT2D eigenvalue weighted by Gasteiger charge is 2.23. The number of hydrogen-bond acceptors (Lipinski definition) is 2. The van der Waals surface area contributed by atoms with Crippen LogP contribution in [0.1, 0.15) is 60.3 Å². The molecule has 1 aliphatic carbocycles. The molecule has 22 heavy (non-hydrogen) atoms. The van der Waals surface area contributed by atoms with Crippen molar-refractivity contribution in [3.8, 4) is 0 Å². The molecule has 0 aromatic carbocycles. The van der Waals surface area contributed by atoms with E-state index in [0.717, 1.165) is 36.8 Å². The summed E-state index contributed by atoms with van der Waals surface area (Å²) in [7, 11) is 0. The first-order valence-corrected chi connectivity index (χ1v) is 8.38. The second kappa shape index (κ2) is 9.12. The molecule has 0 radical (unpaired) electrons. The molecule has 2 atom stereocenters. The van der Waals surface area contributed by atoms with Crippen LogP contribution in [0.4, 0.5) is 0 Å². The standard InChI is InChI=1S/C20H32O2/c1-14(2)18-13-12-16(4)9-6-8-15(3)10-7-11-17(5)19(21)20(18)22/h8,11-14,19-22H,6-7,9-10H2,1-5H3/b15-8+,16-12+,17-11-,18-13-. The monoisotopic (exact) mass is 304 g/mol. The lowest BCUT2D eigenvalue weighted by Crippen LogP contribution is -2.30. The van der Waals surface area contributed by atoms with Crippen molar-refractivity contribution in [3.63, 3.8) is 0 Å². The molecule has 0 saturated carbocycles. The summed E-state index contributed by atoms with van der Waals surface area (Å²) in [6.07, 6.45) is 10.8. The van der Waals surface area contributed by atoms with Crippen molar-refractivity contribution in [2.24, 2.45) is 5.92 Å². The number of rotatable bonds is 1. The summed E-state index contributed by atoms with van der Waals surface area (Å²) >= 11 is 0. The maximum Gasteiger partial charge on any atom is 0.105 e. The quantitative estimate of drug-likeness (QED) is 0.689. The van der Waals surface area contributed by atoms with Crippen molar-refractivity contribution < 1.29 is 10.2 Å². The van der Waals surface area contributed by atoms with Gasteiger partial charge in [-0.3, -0.25) is 0 Å². The maximum absolute atomic E-state index is 10.5. The third-order valence-electron chi connectivity index (χ3n) is 4.37. The van der Waals surface area contributed by atoms with E-state index in [1.165, 1.54) is 11.1 Å². The van der Waals surface area contributed by atoms with Crippen LogP contribution in [0.25, 0.3) is 0 Å². The summed E-state index contributed by atoms with van der Waals surface area (Å²) in [6, 6.07) is 0. The van der Waals surface area contributed by atoms with Crippen LogP contribution >= 0.6 is 0 Å². The topological polar surface area (TPSA) is 40.5 Å². The van der Waals surface area contributed by atoms with Gasteiger partial charge in [-0.1, -0.05) is 49.3 Å². The minimum atomic E-state index is -0.833. The van der Waals surface area contributed by atoms with Gasteiger partial charge in [0.05, 0.1) is 0 Å². The minimum Gasteiger partial charge on any atom is -0.386 e. The molecule has 0 amide bonds. The fourth-order valence-corrected chi connectivity index (χ4v) is 2.68. The molecule has 0 saturated heterocycles. The molecule has 2 unspecified atom stereocenters. The van der Waals surface area contributed by atoms with Crippen LogP contribution in [-0.2, 0) is 0 Å². The Balaban J connectivity index is 3.13. The van der Waals surface area contributed by atoms with E-state index in [1.54, 1.807) is 0 Å². The molecule has 2 heteroatoms. The van der Waals surface area contributed by atoms with E-state index in [-0.39, 0.29) is 5.92 Å². The van der Waals surface area contributed by atoms with Crippen LogP contribution < -0.4 is 0 Å². The van der Waals surface area contributed by atoms with Gasteiger partial charge >= 0.3 is 0 Å². The molecular weight excluding hydrogens is 272 g/mol. The average Bonchev–Trinajstić information content (AvgIpc) is 2.45. The highest BCUT2D eigenvalue weighted by molar-refractivity contribution is 5.25. The summed E-state index contributed by atoms with van der Waals surface area (Å²) in [5, 5.41) is 20.9. The Hall–Kier alpha value is -1.12. The molecule has 2 nitrogen and oxygen atoms in total. The number of hydrogen-bond donors (Lipinski definition) is 2. The predicted molar refractivity (Wildman–Crippen MR) is 94.7 cm³/mol. The zero-order valence-corrected chi connectivity index (χ0v) is 14.8. The zero-order chi connectivity index (χ0) is 16.7. The molecule has 124 valence electrons. The van der Waals surface area contributed by atoms with Crippen LogP contribution in [0.15, 0.2) is 46.6 Å². The van der Waals surface area contributed by atoms with Crippen molar-refractivity contribution in [3.05, 3.63) is 46.6 Å².